The molecule has 0 fully saturated rings. The van der Waals surface area contributed by atoms with E-state index in [-0.39, 0.29) is 0 Å². The van der Waals surface area contributed by atoms with Crippen LogP contribution in [0.2, 0.25) is 0 Å². The summed E-state index contributed by atoms with van der Waals surface area (Å²) in [5, 5.41) is 14.8. The highest BCUT2D eigenvalue weighted by molar-refractivity contribution is 5.99. The second kappa shape index (κ2) is 10.5. The molecule has 0 aliphatic carbocycles. The first-order chi connectivity index (χ1) is 16.8. The molecular weight excluding hydrogens is 442 g/mol. The van der Waals surface area contributed by atoms with Crippen molar-refractivity contribution in [2.75, 3.05) is 5.01 Å². The van der Waals surface area contributed by atoms with Crippen LogP contribution in [0.25, 0.3) is 11.0 Å². The molecule has 0 bridgehead atoms. The summed E-state index contributed by atoms with van der Waals surface area (Å²) in [5.74, 6) is 5.44. The van der Waals surface area contributed by atoms with Gasteiger partial charge in [0, 0.05) is 5.56 Å². The molecule has 2 unspecified atom stereocenters. The number of carbonyl (C=O) groups excluding carboxylic acids is 2. The largest absolute Gasteiger partial charge is 0.381 e. The number of aliphatic hydroxyl groups is 1. The number of benzene rings is 3. The maximum atomic E-state index is 13.2. The Morgan fingerprint density at radius 1 is 1.06 bits per heavy atom. The number of fused-ring (bicyclic) bond motifs is 1. The van der Waals surface area contributed by atoms with Crippen LogP contribution in [0.3, 0.4) is 0 Å². The van der Waals surface area contributed by atoms with Crippen LogP contribution in [-0.2, 0) is 11.2 Å². The van der Waals surface area contributed by atoms with Gasteiger partial charge in [-0.05, 0) is 53.8 Å². The molecular formula is C27H29N5O3. The SMILES string of the molecule is CC(C)Cc1ccc(C(=O)NC(c2ccccc2)C(O)C(=O)N(N)c2ccc3nc[nH]c3c2)cc1. The van der Waals surface area contributed by atoms with Crippen LogP contribution >= 0.6 is 0 Å². The normalized spacial score (nSPS) is 12.9. The first-order valence-corrected chi connectivity index (χ1v) is 11.5. The average molecular weight is 472 g/mol. The quantitative estimate of drug-likeness (QED) is 0.178. The number of nitrogens with one attached hydrogen (secondary N) is 2. The number of anilines is 1. The minimum atomic E-state index is -1.62. The van der Waals surface area contributed by atoms with E-state index in [1.54, 1.807) is 60.9 Å². The van der Waals surface area contributed by atoms with E-state index in [0.717, 1.165) is 22.5 Å². The minimum absolute atomic E-state index is 0.379. The number of carbonyl (C=O) groups is 2. The van der Waals surface area contributed by atoms with Crippen LogP contribution in [-0.4, -0.2) is 33.0 Å². The molecule has 5 N–H and O–H groups in total. The molecule has 2 amide bonds. The van der Waals surface area contributed by atoms with Gasteiger partial charge in [0.15, 0.2) is 6.10 Å². The molecule has 8 nitrogen and oxygen atoms in total. The van der Waals surface area contributed by atoms with Crippen LogP contribution in [0, 0.1) is 5.92 Å². The van der Waals surface area contributed by atoms with Crippen LogP contribution in [0.5, 0.6) is 0 Å². The fourth-order valence-electron chi connectivity index (χ4n) is 3.98. The highest BCUT2D eigenvalue weighted by atomic mass is 16.3. The molecule has 1 aromatic heterocycles. The van der Waals surface area contributed by atoms with Crippen molar-refractivity contribution in [2.24, 2.45) is 11.8 Å². The first-order valence-electron chi connectivity index (χ1n) is 11.5. The van der Waals surface area contributed by atoms with Gasteiger partial charge < -0.3 is 15.4 Å². The van der Waals surface area contributed by atoms with Crippen molar-refractivity contribution < 1.29 is 14.7 Å². The molecule has 0 aliphatic rings. The summed E-state index contributed by atoms with van der Waals surface area (Å²) in [4.78, 5) is 33.3. The number of aromatic amines is 1. The van der Waals surface area contributed by atoms with Gasteiger partial charge in [0.05, 0.1) is 29.1 Å². The summed E-state index contributed by atoms with van der Waals surface area (Å²) in [6, 6.07) is 20.2. The second-order valence-corrected chi connectivity index (χ2v) is 8.91. The highest BCUT2D eigenvalue weighted by Gasteiger charge is 2.32. The van der Waals surface area contributed by atoms with E-state index in [2.05, 4.69) is 29.1 Å². The average Bonchev–Trinajstić information content (AvgIpc) is 3.34. The molecule has 8 heteroatoms. The van der Waals surface area contributed by atoms with Crippen LogP contribution in [0.4, 0.5) is 5.69 Å². The van der Waals surface area contributed by atoms with E-state index < -0.39 is 24.0 Å². The minimum Gasteiger partial charge on any atom is -0.381 e. The van der Waals surface area contributed by atoms with Gasteiger partial charge in [0.2, 0.25) is 0 Å². The smallest absolute Gasteiger partial charge is 0.272 e. The molecule has 0 radical (unpaired) electrons. The number of hydrazine groups is 1. The van der Waals surface area contributed by atoms with Crippen LogP contribution in [0.1, 0.15) is 41.4 Å². The monoisotopic (exact) mass is 471 g/mol. The van der Waals surface area contributed by atoms with Gasteiger partial charge in [0.25, 0.3) is 11.8 Å². The molecule has 2 atom stereocenters. The van der Waals surface area contributed by atoms with Crippen LogP contribution < -0.4 is 16.2 Å². The third-order valence-electron chi connectivity index (χ3n) is 5.79. The summed E-state index contributed by atoms with van der Waals surface area (Å²) in [6.07, 6.45) is 0.838. The van der Waals surface area contributed by atoms with Crippen molar-refractivity contribution in [3.63, 3.8) is 0 Å². The predicted molar refractivity (Wildman–Crippen MR) is 135 cm³/mol. The Kier molecular flexibility index (Phi) is 7.24. The van der Waals surface area contributed by atoms with Gasteiger partial charge >= 0.3 is 0 Å². The number of rotatable bonds is 8. The van der Waals surface area contributed by atoms with Gasteiger partial charge in [-0.2, -0.15) is 0 Å². The van der Waals surface area contributed by atoms with E-state index in [1.807, 2.05) is 18.2 Å². The number of imidazole rings is 1. The van der Waals surface area contributed by atoms with Crippen molar-refractivity contribution in [3.8, 4) is 0 Å². The Morgan fingerprint density at radius 2 is 1.77 bits per heavy atom. The molecule has 0 aliphatic heterocycles. The Morgan fingerprint density at radius 3 is 2.46 bits per heavy atom. The van der Waals surface area contributed by atoms with E-state index in [0.29, 0.717) is 28.2 Å². The zero-order valence-electron chi connectivity index (χ0n) is 19.7. The van der Waals surface area contributed by atoms with E-state index in [1.165, 1.54) is 0 Å². The summed E-state index contributed by atoms with van der Waals surface area (Å²) >= 11 is 0. The Balaban J connectivity index is 1.56. The standard InChI is InChI=1S/C27H29N5O3/c1-17(2)14-18-8-10-20(11-9-18)26(34)31-24(19-6-4-3-5-7-19)25(33)27(35)32(28)21-12-13-22-23(15-21)30-16-29-22/h3-13,15-17,24-25,33H,14,28H2,1-2H3,(H,29,30)(H,31,34). The van der Waals surface area contributed by atoms with Crippen molar-refractivity contribution in [1.29, 1.82) is 0 Å². The summed E-state index contributed by atoms with van der Waals surface area (Å²) in [6.45, 7) is 4.27. The molecule has 180 valence electrons. The fourth-order valence-corrected chi connectivity index (χ4v) is 3.98. The second-order valence-electron chi connectivity index (χ2n) is 8.91. The topological polar surface area (TPSA) is 124 Å². The lowest BCUT2D eigenvalue weighted by molar-refractivity contribution is -0.128. The molecule has 0 spiro atoms. The molecule has 1 heterocycles. The Bertz CT molecular complexity index is 1300. The third kappa shape index (κ3) is 5.56. The van der Waals surface area contributed by atoms with Crippen molar-refractivity contribution in [3.05, 3.63) is 95.8 Å². The van der Waals surface area contributed by atoms with E-state index in [9.17, 15) is 14.7 Å². The van der Waals surface area contributed by atoms with Crippen LogP contribution in [0.15, 0.2) is 79.1 Å². The van der Waals surface area contributed by atoms with E-state index >= 15 is 0 Å². The summed E-state index contributed by atoms with van der Waals surface area (Å²) in [7, 11) is 0. The number of nitrogens with two attached hydrogens (primary N) is 1. The zero-order chi connectivity index (χ0) is 24.9. The lowest BCUT2D eigenvalue weighted by atomic mass is 9.99. The summed E-state index contributed by atoms with van der Waals surface area (Å²) < 4.78 is 0. The molecule has 35 heavy (non-hydrogen) atoms. The number of aromatic nitrogens is 2. The number of hydrogen-bond donors (Lipinski definition) is 4. The van der Waals surface area contributed by atoms with Gasteiger partial charge in [-0.25, -0.2) is 15.8 Å². The van der Waals surface area contributed by atoms with Gasteiger partial charge in [-0.15, -0.1) is 0 Å². The molecule has 4 rings (SSSR count). The third-order valence-corrected chi connectivity index (χ3v) is 5.79. The lowest BCUT2D eigenvalue weighted by Crippen LogP contribution is -2.50. The number of nitrogens with zero attached hydrogens (tertiary/aromatic N) is 2. The molecule has 4 aromatic rings. The van der Waals surface area contributed by atoms with Gasteiger partial charge in [-0.1, -0.05) is 56.3 Å². The first kappa shape index (κ1) is 24.1. The lowest BCUT2D eigenvalue weighted by Gasteiger charge is -2.27. The highest BCUT2D eigenvalue weighted by Crippen LogP contribution is 2.23. The summed E-state index contributed by atoms with van der Waals surface area (Å²) in [5.41, 5.74) is 3.96. The number of amides is 2. The van der Waals surface area contributed by atoms with Crippen molar-refractivity contribution >= 4 is 28.5 Å². The molecule has 0 saturated carbocycles. The van der Waals surface area contributed by atoms with Crippen molar-refractivity contribution in [1.82, 2.24) is 15.3 Å². The Hall–Kier alpha value is -4.01. The maximum absolute atomic E-state index is 13.2. The van der Waals surface area contributed by atoms with Crippen molar-refractivity contribution in [2.45, 2.75) is 32.4 Å². The number of hydrogen-bond acceptors (Lipinski definition) is 5. The number of H-pyrrole nitrogens is 1. The number of aliphatic hydroxyl groups excluding tert-OH is 1. The van der Waals surface area contributed by atoms with E-state index in [4.69, 9.17) is 5.84 Å². The van der Waals surface area contributed by atoms with Gasteiger partial charge in [-0.3, -0.25) is 9.59 Å². The van der Waals surface area contributed by atoms with Gasteiger partial charge in [0.1, 0.15) is 0 Å². The molecule has 3 aromatic carbocycles. The molecule has 0 saturated heterocycles. The zero-order valence-corrected chi connectivity index (χ0v) is 19.7. The fraction of sp³-hybridized carbons (Fsp3) is 0.222. The maximum Gasteiger partial charge on any atom is 0.272 e. The Labute approximate surface area is 203 Å². The predicted octanol–water partition coefficient (Wildman–Crippen LogP) is 3.50.